The predicted octanol–water partition coefficient (Wildman–Crippen LogP) is 4.66. The zero-order valence-electron chi connectivity index (χ0n) is 15.4. The van der Waals surface area contributed by atoms with Gasteiger partial charge in [-0.25, -0.2) is 0 Å². The average molecular weight is 397 g/mol. The van der Waals surface area contributed by atoms with Crippen molar-refractivity contribution in [3.05, 3.63) is 47.3 Å². The Morgan fingerprint density at radius 3 is 2.56 bits per heavy atom. The molecule has 1 amide bonds. The van der Waals surface area contributed by atoms with E-state index in [1.165, 1.54) is 11.9 Å². The van der Waals surface area contributed by atoms with Gasteiger partial charge in [-0.15, -0.1) is 0 Å². The molecule has 0 N–H and O–H groups in total. The van der Waals surface area contributed by atoms with Crippen molar-refractivity contribution >= 4 is 24.2 Å². The summed E-state index contributed by atoms with van der Waals surface area (Å²) in [5.41, 5.74) is -0.120. The maximum absolute atomic E-state index is 13.3. The lowest BCUT2D eigenvalue weighted by Crippen LogP contribution is -2.34. The van der Waals surface area contributed by atoms with E-state index in [0.29, 0.717) is 18.2 Å². The molecule has 0 bridgehead atoms. The van der Waals surface area contributed by atoms with Gasteiger partial charge in [0, 0.05) is 30.2 Å². The van der Waals surface area contributed by atoms with Crippen LogP contribution in [-0.2, 0) is 18.0 Å². The molecule has 0 atom stereocenters. The number of carbonyl (C=O) groups excluding carboxylic acids is 1. The minimum absolute atomic E-state index is 0.313. The van der Waals surface area contributed by atoms with E-state index in [2.05, 4.69) is 17.7 Å². The summed E-state index contributed by atoms with van der Waals surface area (Å²) in [5.74, 6) is -0.371. The fraction of sp³-hybridized carbons (Fsp3) is 0.474. The third-order valence-corrected chi connectivity index (χ3v) is 4.83. The van der Waals surface area contributed by atoms with Crippen LogP contribution in [0.25, 0.3) is 0 Å². The van der Waals surface area contributed by atoms with Crippen molar-refractivity contribution in [1.29, 1.82) is 0 Å². The monoisotopic (exact) mass is 397 g/mol. The fourth-order valence-corrected chi connectivity index (χ4v) is 3.06. The van der Waals surface area contributed by atoms with Crippen molar-refractivity contribution in [2.75, 3.05) is 11.4 Å². The Balaban J connectivity index is 2.03. The van der Waals surface area contributed by atoms with Gasteiger partial charge in [0.05, 0.1) is 5.56 Å². The summed E-state index contributed by atoms with van der Waals surface area (Å²) in [7, 11) is 1.38. The summed E-state index contributed by atoms with van der Waals surface area (Å²) in [4.78, 5) is 14.5. The first-order chi connectivity index (χ1) is 12.5. The highest BCUT2D eigenvalue weighted by Gasteiger charge is 2.41. The lowest BCUT2D eigenvalue weighted by atomic mass is 10.0. The van der Waals surface area contributed by atoms with Gasteiger partial charge in [0.25, 0.3) is 5.91 Å². The van der Waals surface area contributed by atoms with Crippen LogP contribution in [0, 0.1) is 5.92 Å². The van der Waals surface area contributed by atoms with Crippen LogP contribution in [0.5, 0.6) is 0 Å². The number of benzene rings is 1. The Labute approximate surface area is 161 Å². The molecule has 2 aromatic rings. The van der Waals surface area contributed by atoms with E-state index in [9.17, 15) is 18.0 Å². The van der Waals surface area contributed by atoms with Crippen LogP contribution in [-0.4, -0.2) is 22.2 Å². The van der Waals surface area contributed by atoms with Crippen molar-refractivity contribution in [3.63, 3.8) is 0 Å². The summed E-state index contributed by atoms with van der Waals surface area (Å²) < 4.78 is 40.6. The Morgan fingerprint density at radius 1 is 1.33 bits per heavy atom. The van der Waals surface area contributed by atoms with Crippen LogP contribution in [0.2, 0.25) is 0 Å². The van der Waals surface area contributed by atoms with Gasteiger partial charge in [-0.05, 0) is 50.3 Å². The van der Waals surface area contributed by atoms with Gasteiger partial charge in [0.1, 0.15) is 0 Å². The molecule has 0 spiro atoms. The first-order valence-electron chi connectivity index (χ1n) is 8.72. The van der Waals surface area contributed by atoms with Crippen LogP contribution in [0.15, 0.2) is 30.5 Å². The molecule has 0 saturated heterocycles. The van der Waals surface area contributed by atoms with E-state index in [1.54, 1.807) is 12.1 Å². The molecule has 3 rings (SSSR count). The molecule has 1 aromatic heterocycles. The van der Waals surface area contributed by atoms with E-state index in [0.717, 1.165) is 29.3 Å². The Hall–Kier alpha value is -1.96. The largest absolute Gasteiger partial charge is 0.435 e. The van der Waals surface area contributed by atoms with Gasteiger partial charge in [0.15, 0.2) is 5.69 Å². The number of nitrogens with zero attached hydrogens (tertiary/aromatic N) is 3. The van der Waals surface area contributed by atoms with Crippen LogP contribution in [0.3, 0.4) is 0 Å². The number of aryl methyl sites for hydroxylation is 1. The van der Waals surface area contributed by atoms with Crippen molar-refractivity contribution in [1.82, 2.24) is 9.78 Å². The molecule has 8 heteroatoms. The summed E-state index contributed by atoms with van der Waals surface area (Å²) in [6.07, 6.45) is -1.61. The SMILES string of the molecule is Cn1cc(C(=O)N(CC2CC2)c2cccc(C(C)(C)S)c2)c(C(F)(F)F)n1. The summed E-state index contributed by atoms with van der Waals surface area (Å²) in [5, 5.41) is 3.46. The number of alkyl halides is 3. The van der Waals surface area contributed by atoms with Crippen LogP contribution in [0.4, 0.5) is 18.9 Å². The van der Waals surface area contributed by atoms with Crippen molar-refractivity contribution in [3.8, 4) is 0 Å². The molecule has 1 aliphatic carbocycles. The van der Waals surface area contributed by atoms with Crippen molar-refractivity contribution < 1.29 is 18.0 Å². The number of rotatable bonds is 5. The molecule has 1 heterocycles. The van der Waals surface area contributed by atoms with Gasteiger partial charge in [0.2, 0.25) is 0 Å². The number of carbonyl (C=O) groups is 1. The Bertz CT molecular complexity index is 851. The molecule has 1 aromatic carbocycles. The van der Waals surface area contributed by atoms with E-state index < -0.39 is 28.1 Å². The van der Waals surface area contributed by atoms with Gasteiger partial charge in [-0.3, -0.25) is 9.48 Å². The molecule has 27 heavy (non-hydrogen) atoms. The molecule has 1 aliphatic rings. The molecule has 0 aliphatic heterocycles. The highest BCUT2D eigenvalue weighted by atomic mass is 32.1. The number of halogens is 3. The van der Waals surface area contributed by atoms with Crippen LogP contribution < -0.4 is 4.90 Å². The maximum atomic E-state index is 13.3. The van der Waals surface area contributed by atoms with Crippen LogP contribution in [0.1, 0.15) is 48.3 Å². The fourth-order valence-electron chi connectivity index (χ4n) is 2.92. The standard InChI is InChI=1S/C19H22F3N3OS/c1-18(2,27)13-5-4-6-14(9-13)25(10-12-7-8-12)17(26)15-11-24(3)23-16(15)19(20,21)22/h4-6,9,11-12,27H,7-8,10H2,1-3H3. The lowest BCUT2D eigenvalue weighted by molar-refractivity contribution is -0.141. The first-order valence-corrected chi connectivity index (χ1v) is 9.17. The minimum Gasteiger partial charge on any atom is -0.308 e. The van der Waals surface area contributed by atoms with E-state index in [4.69, 9.17) is 0 Å². The molecule has 1 fully saturated rings. The van der Waals surface area contributed by atoms with Gasteiger partial charge < -0.3 is 4.90 Å². The molecule has 1 saturated carbocycles. The van der Waals surface area contributed by atoms with Crippen molar-refractivity contribution in [2.24, 2.45) is 13.0 Å². The third-order valence-electron chi connectivity index (χ3n) is 4.57. The second-order valence-electron chi connectivity index (χ2n) is 7.53. The molecule has 0 unspecified atom stereocenters. The summed E-state index contributed by atoms with van der Waals surface area (Å²) in [6, 6.07) is 7.25. The van der Waals surface area contributed by atoms with Gasteiger partial charge >= 0.3 is 6.18 Å². The molecule has 146 valence electrons. The van der Waals surface area contributed by atoms with Crippen LogP contribution >= 0.6 is 12.6 Å². The van der Waals surface area contributed by atoms with E-state index in [-0.39, 0.29) is 0 Å². The number of hydrogen-bond acceptors (Lipinski definition) is 3. The number of anilines is 1. The number of amides is 1. The highest BCUT2D eigenvalue weighted by Crippen LogP contribution is 2.36. The topological polar surface area (TPSA) is 38.1 Å². The predicted molar refractivity (Wildman–Crippen MR) is 101 cm³/mol. The normalized spacial score (nSPS) is 15.1. The molecular weight excluding hydrogens is 375 g/mol. The maximum Gasteiger partial charge on any atom is 0.435 e. The highest BCUT2D eigenvalue weighted by molar-refractivity contribution is 7.81. The number of thiol groups is 1. The smallest absolute Gasteiger partial charge is 0.308 e. The molecule has 4 nitrogen and oxygen atoms in total. The van der Waals surface area contributed by atoms with E-state index in [1.807, 2.05) is 26.0 Å². The number of aromatic nitrogens is 2. The Morgan fingerprint density at radius 2 is 2.00 bits per heavy atom. The number of hydrogen-bond donors (Lipinski definition) is 1. The second kappa shape index (κ2) is 6.89. The zero-order valence-corrected chi connectivity index (χ0v) is 16.3. The van der Waals surface area contributed by atoms with E-state index >= 15 is 0 Å². The first kappa shape index (κ1) is 19.8. The summed E-state index contributed by atoms with van der Waals surface area (Å²) >= 11 is 4.56. The Kier molecular flexibility index (Phi) is 5.05. The van der Waals surface area contributed by atoms with Crippen molar-refractivity contribution in [2.45, 2.75) is 37.6 Å². The summed E-state index contributed by atoms with van der Waals surface area (Å²) in [6.45, 7) is 4.23. The lowest BCUT2D eigenvalue weighted by Gasteiger charge is -2.26. The zero-order chi connectivity index (χ0) is 20.0. The minimum atomic E-state index is -4.69. The average Bonchev–Trinajstić information content (AvgIpc) is 3.29. The molecular formula is C19H22F3N3OS. The van der Waals surface area contributed by atoms with Gasteiger partial charge in [-0.2, -0.15) is 30.9 Å². The molecule has 0 radical (unpaired) electrons. The third kappa shape index (κ3) is 4.48. The quantitative estimate of drug-likeness (QED) is 0.745. The van der Waals surface area contributed by atoms with Gasteiger partial charge in [-0.1, -0.05) is 12.1 Å². The second-order valence-corrected chi connectivity index (χ2v) is 8.65.